The van der Waals surface area contributed by atoms with Crippen LogP contribution in [0.1, 0.15) is 25.5 Å². The molecule has 0 heterocycles. The van der Waals surface area contributed by atoms with E-state index < -0.39 is 23.7 Å². The van der Waals surface area contributed by atoms with Crippen molar-refractivity contribution in [1.82, 2.24) is 5.32 Å². The Morgan fingerprint density at radius 3 is 2.37 bits per heavy atom. The molecule has 2 atom stereocenters. The van der Waals surface area contributed by atoms with Gasteiger partial charge in [-0.05, 0) is 25.5 Å². The monoisotopic (exact) mass is 294 g/mol. The first-order chi connectivity index (χ1) is 8.57. The average molecular weight is 295 g/mol. The molecule has 106 valence electrons. The maximum atomic E-state index is 12.6. The van der Waals surface area contributed by atoms with Gasteiger partial charge in [0.15, 0.2) is 5.54 Å². The molecule has 0 fully saturated rings. The van der Waals surface area contributed by atoms with Crippen molar-refractivity contribution in [3.63, 3.8) is 0 Å². The number of nitrogens with two attached hydrogens (primary N) is 1. The predicted octanol–water partition coefficient (Wildman–Crippen LogP) is 2.80. The van der Waals surface area contributed by atoms with Crippen LogP contribution in [0, 0.1) is 0 Å². The van der Waals surface area contributed by atoms with E-state index in [4.69, 9.17) is 17.3 Å². The molecular formula is C12H14ClF3N2O. The zero-order chi connectivity index (χ0) is 14.8. The van der Waals surface area contributed by atoms with Gasteiger partial charge in [0.2, 0.25) is 5.91 Å². The third kappa shape index (κ3) is 3.39. The Morgan fingerprint density at radius 1 is 1.37 bits per heavy atom. The molecular weight excluding hydrogens is 281 g/mol. The summed E-state index contributed by atoms with van der Waals surface area (Å²) in [5.41, 5.74) is 2.61. The SMILES string of the molecule is C[C@@H](NC(=O)C(C)(N)C(F)(F)F)c1ccccc1Cl. The highest BCUT2D eigenvalue weighted by Crippen LogP contribution is 2.29. The highest BCUT2D eigenvalue weighted by atomic mass is 35.5. The minimum Gasteiger partial charge on any atom is -0.348 e. The van der Waals surface area contributed by atoms with Crippen LogP contribution in [-0.2, 0) is 4.79 Å². The third-order valence-electron chi connectivity index (χ3n) is 2.78. The summed E-state index contributed by atoms with van der Waals surface area (Å²) in [6.45, 7) is 2.16. The molecule has 0 saturated carbocycles. The maximum Gasteiger partial charge on any atom is 0.415 e. The van der Waals surface area contributed by atoms with Crippen LogP contribution in [0.25, 0.3) is 0 Å². The summed E-state index contributed by atoms with van der Waals surface area (Å²) in [6, 6.07) is 5.89. The van der Waals surface area contributed by atoms with E-state index in [2.05, 4.69) is 5.32 Å². The Morgan fingerprint density at radius 2 is 1.89 bits per heavy atom. The van der Waals surface area contributed by atoms with Gasteiger partial charge in [-0.2, -0.15) is 13.2 Å². The van der Waals surface area contributed by atoms with Crippen molar-refractivity contribution in [2.45, 2.75) is 31.6 Å². The second kappa shape index (κ2) is 5.38. The van der Waals surface area contributed by atoms with Crippen LogP contribution in [0.5, 0.6) is 0 Å². The van der Waals surface area contributed by atoms with E-state index in [0.29, 0.717) is 17.5 Å². The quantitative estimate of drug-likeness (QED) is 0.900. The van der Waals surface area contributed by atoms with E-state index in [1.807, 2.05) is 0 Å². The molecule has 1 rings (SSSR count). The summed E-state index contributed by atoms with van der Waals surface area (Å²) in [7, 11) is 0. The van der Waals surface area contributed by atoms with Crippen LogP contribution in [0.3, 0.4) is 0 Å². The lowest BCUT2D eigenvalue weighted by Gasteiger charge is -2.28. The van der Waals surface area contributed by atoms with E-state index in [9.17, 15) is 18.0 Å². The van der Waals surface area contributed by atoms with Crippen LogP contribution in [0.15, 0.2) is 24.3 Å². The topological polar surface area (TPSA) is 55.1 Å². The standard InChI is InChI=1S/C12H14ClF3N2O/c1-7(8-5-3-4-6-9(8)13)18-10(19)11(2,17)12(14,15)16/h3-7H,17H2,1-2H3,(H,18,19)/t7-,11?/m1/s1. The molecule has 0 spiro atoms. The van der Waals surface area contributed by atoms with Crippen molar-refractivity contribution < 1.29 is 18.0 Å². The molecule has 0 saturated heterocycles. The lowest BCUT2D eigenvalue weighted by atomic mass is 10.0. The largest absolute Gasteiger partial charge is 0.415 e. The smallest absolute Gasteiger partial charge is 0.348 e. The number of halogens is 4. The summed E-state index contributed by atoms with van der Waals surface area (Å²) in [5.74, 6) is -1.30. The van der Waals surface area contributed by atoms with Crippen molar-refractivity contribution in [2.24, 2.45) is 5.73 Å². The highest BCUT2D eigenvalue weighted by Gasteiger charge is 2.54. The van der Waals surface area contributed by atoms with Gasteiger partial charge >= 0.3 is 6.18 Å². The lowest BCUT2D eigenvalue weighted by molar-refractivity contribution is -0.187. The summed E-state index contributed by atoms with van der Waals surface area (Å²) < 4.78 is 37.8. The summed E-state index contributed by atoms with van der Waals surface area (Å²) in [5, 5.41) is 2.58. The Kier molecular flexibility index (Phi) is 4.47. The summed E-state index contributed by atoms with van der Waals surface area (Å²) in [6.07, 6.45) is -4.82. The van der Waals surface area contributed by atoms with Crippen LogP contribution in [-0.4, -0.2) is 17.6 Å². The molecule has 0 aliphatic heterocycles. The molecule has 0 aliphatic rings. The van der Waals surface area contributed by atoms with E-state index in [1.165, 1.54) is 6.92 Å². The Bertz CT molecular complexity index is 474. The number of hydrogen-bond donors (Lipinski definition) is 2. The number of benzene rings is 1. The minimum atomic E-state index is -4.82. The molecule has 1 amide bonds. The zero-order valence-corrected chi connectivity index (χ0v) is 11.1. The molecule has 1 aromatic carbocycles. The second-order valence-electron chi connectivity index (χ2n) is 4.42. The van der Waals surface area contributed by atoms with E-state index in [0.717, 1.165) is 0 Å². The van der Waals surface area contributed by atoms with E-state index in [1.54, 1.807) is 24.3 Å². The normalized spacial score (nSPS) is 16.6. The molecule has 0 radical (unpaired) electrons. The zero-order valence-electron chi connectivity index (χ0n) is 10.4. The Hall–Kier alpha value is -1.27. The molecule has 3 nitrogen and oxygen atoms in total. The fraction of sp³-hybridized carbons (Fsp3) is 0.417. The van der Waals surface area contributed by atoms with Gasteiger partial charge in [0, 0.05) is 5.02 Å². The van der Waals surface area contributed by atoms with Gasteiger partial charge in [-0.25, -0.2) is 0 Å². The van der Waals surface area contributed by atoms with Crippen molar-refractivity contribution in [2.75, 3.05) is 0 Å². The molecule has 0 aliphatic carbocycles. The van der Waals surface area contributed by atoms with Crippen LogP contribution < -0.4 is 11.1 Å². The van der Waals surface area contributed by atoms with Gasteiger partial charge in [-0.15, -0.1) is 0 Å². The number of hydrogen-bond acceptors (Lipinski definition) is 2. The van der Waals surface area contributed by atoms with Gasteiger partial charge in [-0.3, -0.25) is 4.79 Å². The fourth-order valence-corrected chi connectivity index (χ4v) is 1.68. The molecule has 3 N–H and O–H groups in total. The second-order valence-corrected chi connectivity index (χ2v) is 4.82. The summed E-state index contributed by atoms with van der Waals surface area (Å²) in [4.78, 5) is 11.6. The molecule has 0 aromatic heterocycles. The van der Waals surface area contributed by atoms with E-state index in [-0.39, 0.29) is 0 Å². The number of amides is 1. The first-order valence-electron chi connectivity index (χ1n) is 5.48. The van der Waals surface area contributed by atoms with Gasteiger partial charge < -0.3 is 11.1 Å². The number of carbonyl (C=O) groups excluding carboxylic acids is 1. The van der Waals surface area contributed by atoms with Crippen molar-refractivity contribution in [3.05, 3.63) is 34.9 Å². The van der Waals surface area contributed by atoms with Gasteiger partial charge in [-0.1, -0.05) is 29.8 Å². The highest BCUT2D eigenvalue weighted by molar-refractivity contribution is 6.31. The lowest BCUT2D eigenvalue weighted by Crippen LogP contribution is -2.61. The Labute approximate surface area is 113 Å². The number of alkyl halides is 3. The van der Waals surface area contributed by atoms with Crippen molar-refractivity contribution in [3.8, 4) is 0 Å². The predicted molar refractivity (Wildman–Crippen MR) is 66.7 cm³/mol. The minimum absolute atomic E-state index is 0.362. The molecule has 7 heteroatoms. The van der Waals surface area contributed by atoms with Crippen LogP contribution in [0.4, 0.5) is 13.2 Å². The number of rotatable bonds is 3. The number of carbonyl (C=O) groups is 1. The third-order valence-corrected chi connectivity index (χ3v) is 3.12. The summed E-state index contributed by atoms with van der Waals surface area (Å²) >= 11 is 5.90. The van der Waals surface area contributed by atoms with Gasteiger partial charge in [0.25, 0.3) is 0 Å². The van der Waals surface area contributed by atoms with Crippen LogP contribution >= 0.6 is 11.6 Å². The van der Waals surface area contributed by atoms with Gasteiger partial charge in [0.05, 0.1) is 6.04 Å². The van der Waals surface area contributed by atoms with Crippen molar-refractivity contribution >= 4 is 17.5 Å². The first-order valence-corrected chi connectivity index (χ1v) is 5.86. The number of nitrogens with one attached hydrogen (secondary N) is 1. The molecule has 1 aromatic rings. The fourth-order valence-electron chi connectivity index (χ4n) is 1.38. The van der Waals surface area contributed by atoms with E-state index >= 15 is 0 Å². The van der Waals surface area contributed by atoms with Gasteiger partial charge in [0.1, 0.15) is 0 Å². The van der Waals surface area contributed by atoms with Crippen molar-refractivity contribution in [1.29, 1.82) is 0 Å². The average Bonchev–Trinajstić information content (AvgIpc) is 2.27. The Balaban J connectivity index is 2.87. The maximum absolute atomic E-state index is 12.6. The molecule has 0 bridgehead atoms. The molecule has 1 unspecified atom stereocenters. The van der Waals surface area contributed by atoms with Crippen LogP contribution in [0.2, 0.25) is 5.02 Å². The first kappa shape index (κ1) is 15.8. The molecule has 19 heavy (non-hydrogen) atoms.